The molecule has 0 bridgehead atoms. The molecule has 0 fully saturated rings. The van der Waals surface area contributed by atoms with E-state index in [-0.39, 0.29) is 46.9 Å². The van der Waals surface area contributed by atoms with Crippen molar-refractivity contribution >= 4 is 33.9 Å². The number of carbonyl (C=O) groups excluding carboxylic acids is 2. The van der Waals surface area contributed by atoms with Gasteiger partial charge in [-0.15, -0.1) is 26.3 Å². The second-order valence-corrected chi connectivity index (χ2v) is 8.09. The summed E-state index contributed by atoms with van der Waals surface area (Å²) < 4.78 is 103. The number of alkyl halides is 6. The van der Waals surface area contributed by atoms with Crippen molar-refractivity contribution in [1.82, 2.24) is 0 Å². The van der Waals surface area contributed by atoms with Crippen LogP contribution in [0.2, 0.25) is 0 Å². The van der Waals surface area contributed by atoms with Gasteiger partial charge in [0.1, 0.15) is 0 Å². The van der Waals surface area contributed by atoms with E-state index in [1.807, 2.05) is 0 Å². The van der Waals surface area contributed by atoms with Crippen LogP contribution < -0.4 is 14.2 Å². The van der Waals surface area contributed by atoms with Gasteiger partial charge in [0, 0.05) is 21.9 Å². The monoisotopic (exact) mass is 546 g/mol. The van der Waals surface area contributed by atoms with E-state index in [4.69, 9.17) is 13.9 Å². The average molecular weight is 546 g/mol. The van der Waals surface area contributed by atoms with E-state index in [0.29, 0.717) is 0 Å². The molecular weight excluding hydrogens is 526 g/mol. The molecule has 3 rings (SSSR count). The molecule has 0 aliphatic rings. The van der Waals surface area contributed by atoms with Gasteiger partial charge in [-0.1, -0.05) is 19.2 Å². The highest BCUT2D eigenvalue weighted by Crippen LogP contribution is 2.46. The molecule has 0 saturated heterocycles. The maximum atomic E-state index is 13.3. The smallest absolute Gasteiger partial charge is 0.462 e. The fourth-order valence-electron chi connectivity index (χ4n) is 3.33. The van der Waals surface area contributed by atoms with Crippen molar-refractivity contribution in [2.75, 3.05) is 6.61 Å². The van der Waals surface area contributed by atoms with Gasteiger partial charge in [0.15, 0.2) is 22.7 Å². The predicted molar refractivity (Wildman–Crippen MR) is 122 cm³/mol. The third-order valence-corrected chi connectivity index (χ3v) is 4.92. The number of esters is 2. The summed E-state index contributed by atoms with van der Waals surface area (Å²) in [6, 6.07) is 4.78. The van der Waals surface area contributed by atoms with Crippen LogP contribution in [0.3, 0.4) is 0 Å². The van der Waals surface area contributed by atoms with Crippen LogP contribution in [0, 0.1) is 0 Å². The molecule has 0 spiro atoms. The summed E-state index contributed by atoms with van der Waals surface area (Å²) in [5.41, 5.74) is -1.17. The zero-order valence-electron chi connectivity index (χ0n) is 20.0. The first-order valence-electron chi connectivity index (χ1n) is 10.8. The van der Waals surface area contributed by atoms with Crippen LogP contribution in [0.5, 0.6) is 17.2 Å². The van der Waals surface area contributed by atoms with Gasteiger partial charge in [-0.05, 0) is 50.5 Å². The fourth-order valence-corrected chi connectivity index (χ4v) is 3.33. The van der Waals surface area contributed by atoms with Gasteiger partial charge in [0.2, 0.25) is 5.75 Å². The molecule has 0 aliphatic heterocycles. The number of fused-ring (bicyclic) bond motifs is 3. The number of furan rings is 1. The van der Waals surface area contributed by atoms with Gasteiger partial charge >= 0.3 is 24.7 Å². The summed E-state index contributed by atoms with van der Waals surface area (Å²) in [6.45, 7) is 9.30. The molecule has 0 N–H and O–H groups in total. The molecule has 38 heavy (non-hydrogen) atoms. The Morgan fingerprint density at radius 1 is 0.816 bits per heavy atom. The number of rotatable bonds is 9. The van der Waals surface area contributed by atoms with Gasteiger partial charge in [0.05, 0.1) is 6.61 Å². The van der Waals surface area contributed by atoms with Crippen molar-refractivity contribution in [3.63, 3.8) is 0 Å². The molecular formula is C25H20F6O7. The second-order valence-electron chi connectivity index (χ2n) is 8.09. The molecule has 0 aliphatic carbocycles. The summed E-state index contributed by atoms with van der Waals surface area (Å²) >= 11 is 0. The minimum Gasteiger partial charge on any atom is -0.462 e. The number of aryl methyl sites for hydroxylation is 1. The SMILES string of the molecule is C=C(C)C(=O)OCCCc1ccc2c(oc3c(OC(F)(F)F)c(OC(=O)C(=C)C)ccc32)c1OC(F)(F)F. The second kappa shape index (κ2) is 10.7. The molecule has 1 heterocycles. The van der Waals surface area contributed by atoms with Gasteiger partial charge < -0.3 is 23.4 Å². The van der Waals surface area contributed by atoms with E-state index in [2.05, 4.69) is 22.6 Å². The third-order valence-electron chi connectivity index (χ3n) is 4.92. The standard InChI is InChI=1S/C25H20F6O7/c1-12(2)22(32)34-11-5-6-14-7-8-15-16-9-10-17(35-23(33)13(3)4)21(38-25(29,30)31)20(16)36-19(15)18(14)37-24(26,27)28/h7-10H,1,3,5-6,11H2,2,4H3. The highest BCUT2D eigenvalue weighted by Gasteiger charge is 2.37. The highest BCUT2D eigenvalue weighted by atomic mass is 19.4. The Balaban J connectivity index is 2.14. The Hall–Kier alpha value is -4.16. The van der Waals surface area contributed by atoms with Gasteiger partial charge in [-0.3, -0.25) is 0 Å². The number of hydrogen-bond donors (Lipinski definition) is 0. The molecule has 2 aromatic carbocycles. The van der Waals surface area contributed by atoms with E-state index in [1.54, 1.807) is 0 Å². The van der Waals surface area contributed by atoms with Crippen LogP contribution in [-0.4, -0.2) is 31.3 Å². The largest absolute Gasteiger partial charge is 0.573 e. The molecule has 13 heteroatoms. The Kier molecular flexibility index (Phi) is 7.98. The summed E-state index contributed by atoms with van der Waals surface area (Å²) in [4.78, 5) is 23.4. The molecule has 3 aromatic rings. The molecule has 204 valence electrons. The first-order valence-corrected chi connectivity index (χ1v) is 10.8. The van der Waals surface area contributed by atoms with Crippen LogP contribution in [0.4, 0.5) is 26.3 Å². The zero-order valence-corrected chi connectivity index (χ0v) is 20.0. The number of hydrogen-bond acceptors (Lipinski definition) is 7. The van der Waals surface area contributed by atoms with E-state index >= 15 is 0 Å². The van der Waals surface area contributed by atoms with Crippen molar-refractivity contribution in [2.24, 2.45) is 0 Å². The lowest BCUT2D eigenvalue weighted by atomic mass is 10.0. The average Bonchev–Trinajstić information content (AvgIpc) is 3.16. The molecule has 0 amide bonds. The molecule has 0 saturated carbocycles. The molecule has 0 radical (unpaired) electrons. The minimum absolute atomic E-state index is 0.0209. The fraction of sp³-hybridized carbons (Fsp3) is 0.280. The molecule has 0 unspecified atom stereocenters. The van der Waals surface area contributed by atoms with Crippen LogP contribution in [0.25, 0.3) is 21.9 Å². The van der Waals surface area contributed by atoms with E-state index in [1.165, 1.54) is 32.0 Å². The maximum Gasteiger partial charge on any atom is 0.573 e. The van der Waals surface area contributed by atoms with Gasteiger partial charge in [-0.2, -0.15) is 0 Å². The first-order chi connectivity index (χ1) is 17.6. The predicted octanol–water partition coefficient (Wildman–Crippen LogP) is 6.92. The number of halogens is 6. The molecule has 0 atom stereocenters. The summed E-state index contributed by atoms with van der Waals surface area (Å²) in [7, 11) is 0. The number of ether oxygens (including phenoxy) is 4. The van der Waals surface area contributed by atoms with Crippen molar-refractivity contribution < 1.29 is 59.3 Å². The lowest BCUT2D eigenvalue weighted by molar-refractivity contribution is -0.275. The quantitative estimate of drug-likeness (QED) is 0.0948. The van der Waals surface area contributed by atoms with Crippen LogP contribution in [-0.2, 0) is 20.7 Å². The van der Waals surface area contributed by atoms with Crippen LogP contribution in [0.1, 0.15) is 25.8 Å². The van der Waals surface area contributed by atoms with Crippen molar-refractivity contribution in [3.05, 3.63) is 54.1 Å². The Morgan fingerprint density at radius 3 is 1.89 bits per heavy atom. The number of carbonyl (C=O) groups is 2. The summed E-state index contributed by atoms with van der Waals surface area (Å²) in [6.07, 6.45) is -10.4. The first kappa shape index (κ1) is 28.4. The highest BCUT2D eigenvalue weighted by molar-refractivity contribution is 6.10. The lowest BCUT2D eigenvalue weighted by Gasteiger charge is -2.14. The normalized spacial score (nSPS) is 11.9. The maximum absolute atomic E-state index is 13.3. The Morgan fingerprint density at radius 2 is 1.34 bits per heavy atom. The zero-order chi connectivity index (χ0) is 28.4. The lowest BCUT2D eigenvalue weighted by Crippen LogP contribution is -2.19. The van der Waals surface area contributed by atoms with E-state index in [0.717, 1.165) is 6.07 Å². The van der Waals surface area contributed by atoms with Crippen molar-refractivity contribution in [1.29, 1.82) is 0 Å². The third kappa shape index (κ3) is 6.78. The minimum atomic E-state index is -5.27. The van der Waals surface area contributed by atoms with Crippen molar-refractivity contribution in [3.8, 4) is 17.2 Å². The van der Waals surface area contributed by atoms with Gasteiger partial charge in [0.25, 0.3) is 0 Å². The molecule has 1 aromatic heterocycles. The number of benzene rings is 2. The Labute approximate surface area is 211 Å². The van der Waals surface area contributed by atoms with Gasteiger partial charge in [-0.25, -0.2) is 9.59 Å². The van der Waals surface area contributed by atoms with Crippen molar-refractivity contribution in [2.45, 2.75) is 39.4 Å². The van der Waals surface area contributed by atoms with Crippen LogP contribution in [0.15, 0.2) is 53.0 Å². The Bertz CT molecular complexity index is 1420. The molecule has 7 nitrogen and oxygen atoms in total. The van der Waals surface area contributed by atoms with E-state index < -0.39 is 53.1 Å². The topological polar surface area (TPSA) is 84.2 Å². The van der Waals surface area contributed by atoms with Crippen LogP contribution >= 0.6 is 0 Å². The summed E-state index contributed by atoms with van der Waals surface area (Å²) in [5.74, 6) is -4.31. The van der Waals surface area contributed by atoms with E-state index in [9.17, 15) is 35.9 Å². The summed E-state index contributed by atoms with van der Waals surface area (Å²) in [5, 5.41) is -0.0927.